The fourth-order valence-corrected chi connectivity index (χ4v) is 2.58. The molecule has 0 N–H and O–H groups in total. The first-order chi connectivity index (χ1) is 8.99. The molecule has 1 saturated heterocycles. The Morgan fingerprint density at radius 1 is 0.950 bits per heavy atom. The van der Waals surface area contributed by atoms with Crippen LogP contribution in [0.3, 0.4) is 0 Å². The molecule has 1 heterocycles. The van der Waals surface area contributed by atoms with E-state index in [1.165, 1.54) is 27.7 Å². The molecular weight excluding hydrogens is 274 g/mol. The third kappa shape index (κ3) is 3.07. The van der Waals surface area contributed by atoms with Crippen molar-refractivity contribution in [2.45, 2.75) is 63.8 Å². The minimum atomic E-state index is -1.22. The molecule has 10 heteroatoms. The minimum absolute atomic E-state index is 0.106. The Hall–Kier alpha value is -1.68. The van der Waals surface area contributed by atoms with E-state index >= 15 is 0 Å². The lowest BCUT2D eigenvalue weighted by molar-refractivity contribution is -0.772. The van der Waals surface area contributed by atoms with E-state index in [4.69, 9.17) is 0 Å². The van der Waals surface area contributed by atoms with Crippen LogP contribution in [0.4, 0.5) is 0 Å². The number of rotatable bonds is 4. The van der Waals surface area contributed by atoms with Crippen molar-refractivity contribution in [2.24, 2.45) is 0 Å². The molecule has 1 aliphatic heterocycles. The molecule has 2 unspecified atom stereocenters. The Bertz CT molecular complexity index is 362. The summed E-state index contributed by atoms with van der Waals surface area (Å²) in [6.07, 6.45) is -1.77. The van der Waals surface area contributed by atoms with E-state index in [9.17, 15) is 25.4 Å². The molecule has 1 rings (SSSR count). The average Bonchev–Trinajstić information content (AvgIpc) is 2.34. The first-order valence-corrected chi connectivity index (χ1v) is 6.09. The highest BCUT2D eigenvalue weighted by molar-refractivity contribution is 5.00. The molecule has 0 aromatic carbocycles. The van der Waals surface area contributed by atoms with Gasteiger partial charge in [-0.25, -0.2) is 0 Å². The Morgan fingerprint density at radius 3 is 1.50 bits per heavy atom. The van der Waals surface area contributed by atoms with Gasteiger partial charge in [-0.2, -0.15) is 0 Å². The first-order valence-electron chi connectivity index (χ1n) is 6.09. The third-order valence-corrected chi connectivity index (χ3v) is 3.74. The van der Waals surface area contributed by atoms with Crippen molar-refractivity contribution < 1.29 is 25.1 Å². The largest absolute Gasteiger partial charge is 0.309 e. The summed E-state index contributed by atoms with van der Waals surface area (Å²) >= 11 is 0. The Balaban J connectivity index is 3.08. The second-order valence-corrected chi connectivity index (χ2v) is 5.81. The van der Waals surface area contributed by atoms with Gasteiger partial charge in [-0.1, -0.05) is 0 Å². The maximum absolute atomic E-state index is 12.5. The fourth-order valence-electron chi connectivity index (χ4n) is 2.58. The number of hydrogen-bond acceptors (Lipinski definition) is 7. The zero-order valence-corrected chi connectivity index (χ0v) is 11.8. The van der Waals surface area contributed by atoms with Gasteiger partial charge in [0.1, 0.15) is 12.2 Å². The maximum atomic E-state index is 12.5. The molecular formula is C10H18N3O7. The normalized spacial score (nSPS) is 29.2. The fraction of sp³-hybridized carbons (Fsp3) is 1.00. The van der Waals surface area contributed by atoms with E-state index in [0.29, 0.717) is 5.06 Å². The van der Waals surface area contributed by atoms with Crippen molar-refractivity contribution >= 4 is 0 Å². The summed E-state index contributed by atoms with van der Waals surface area (Å²) < 4.78 is 0. The topological polar surface area (TPSA) is 128 Å². The van der Waals surface area contributed by atoms with E-state index < -0.39 is 33.5 Å². The summed E-state index contributed by atoms with van der Waals surface area (Å²) in [5.74, 6) is 0. The number of hydroxylamine groups is 2. The van der Waals surface area contributed by atoms with Crippen LogP contribution in [-0.2, 0) is 14.9 Å². The molecule has 1 fully saturated rings. The quantitative estimate of drug-likeness (QED) is 0.561. The summed E-state index contributed by atoms with van der Waals surface area (Å²) in [4.78, 5) is 30.2. The van der Waals surface area contributed by atoms with Crippen LogP contribution in [0.15, 0.2) is 0 Å². The molecule has 0 spiro atoms. The van der Waals surface area contributed by atoms with Crippen LogP contribution in [0.25, 0.3) is 0 Å². The van der Waals surface area contributed by atoms with Crippen LogP contribution >= 0.6 is 0 Å². The van der Waals surface area contributed by atoms with Crippen molar-refractivity contribution in [3.05, 3.63) is 20.2 Å². The number of hydrogen-bond donors (Lipinski definition) is 0. The maximum Gasteiger partial charge on any atom is 0.294 e. The highest BCUT2D eigenvalue weighted by atomic mass is 17.0. The lowest BCUT2D eigenvalue weighted by Crippen LogP contribution is -2.61. The average molecular weight is 292 g/mol. The molecule has 10 nitrogen and oxygen atoms in total. The summed E-state index contributed by atoms with van der Waals surface area (Å²) in [7, 11) is 0. The van der Waals surface area contributed by atoms with E-state index in [1.807, 2.05) is 0 Å². The van der Waals surface area contributed by atoms with Gasteiger partial charge in [0.2, 0.25) is 0 Å². The van der Waals surface area contributed by atoms with Crippen LogP contribution in [0.2, 0.25) is 0 Å². The van der Waals surface area contributed by atoms with Crippen molar-refractivity contribution in [1.82, 2.24) is 5.06 Å². The Kier molecular flexibility index (Phi) is 4.39. The zero-order valence-electron chi connectivity index (χ0n) is 11.8. The summed E-state index contributed by atoms with van der Waals surface area (Å²) in [5, 5.41) is 32.2. The molecule has 115 valence electrons. The highest BCUT2D eigenvalue weighted by Gasteiger charge is 2.52. The summed E-state index contributed by atoms with van der Waals surface area (Å²) in [5.41, 5.74) is -2.43. The molecule has 2 atom stereocenters. The van der Waals surface area contributed by atoms with Crippen molar-refractivity contribution in [1.29, 1.82) is 0 Å². The van der Waals surface area contributed by atoms with Gasteiger partial charge in [0.15, 0.2) is 0 Å². The zero-order chi connectivity index (χ0) is 15.7. The molecule has 0 saturated carbocycles. The van der Waals surface area contributed by atoms with Crippen molar-refractivity contribution in [3.63, 3.8) is 0 Å². The summed E-state index contributed by atoms with van der Waals surface area (Å²) in [6.45, 7) is 6.02. The van der Waals surface area contributed by atoms with Gasteiger partial charge < -0.3 is 9.68 Å². The van der Waals surface area contributed by atoms with Crippen LogP contribution in [0.1, 0.15) is 40.5 Å². The van der Waals surface area contributed by atoms with Gasteiger partial charge >= 0.3 is 0 Å². The molecule has 0 aliphatic carbocycles. The molecule has 1 radical (unpaired) electrons. The van der Waals surface area contributed by atoms with Crippen LogP contribution in [-0.4, -0.2) is 38.5 Å². The van der Waals surface area contributed by atoms with Gasteiger partial charge in [0, 0.05) is 0 Å². The second-order valence-electron chi connectivity index (χ2n) is 5.81. The van der Waals surface area contributed by atoms with E-state index in [2.05, 4.69) is 9.68 Å². The van der Waals surface area contributed by atoms with Gasteiger partial charge in [-0.05, 0) is 40.5 Å². The molecule has 0 amide bonds. The third-order valence-electron chi connectivity index (χ3n) is 3.74. The minimum Gasteiger partial charge on any atom is -0.309 e. The Labute approximate surface area is 115 Å². The van der Waals surface area contributed by atoms with Gasteiger partial charge in [-0.15, -0.1) is 30.5 Å². The molecule has 20 heavy (non-hydrogen) atoms. The van der Waals surface area contributed by atoms with Gasteiger partial charge in [0.05, 0.1) is 11.1 Å². The monoisotopic (exact) mass is 292 g/mol. The van der Waals surface area contributed by atoms with Crippen LogP contribution in [0.5, 0.6) is 0 Å². The van der Waals surface area contributed by atoms with E-state index in [0.717, 1.165) is 0 Å². The highest BCUT2D eigenvalue weighted by Crippen LogP contribution is 2.38. The molecule has 0 aromatic heterocycles. The van der Waals surface area contributed by atoms with E-state index in [1.54, 1.807) is 0 Å². The second kappa shape index (κ2) is 5.37. The predicted molar refractivity (Wildman–Crippen MR) is 63.7 cm³/mol. The SMILES string of the molecule is CC1(C)C(O[N+](=O)[O-])CCC(O[N+](=O)[O-])C(C)(C)N1[O]. The first kappa shape index (κ1) is 16.4. The lowest BCUT2D eigenvalue weighted by Gasteiger charge is -2.44. The Morgan fingerprint density at radius 2 is 1.25 bits per heavy atom. The lowest BCUT2D eigenvalue weighted by atomic mass is 9.92. The van der Waals surface area contributed by atoms with Crippen LogP contribution in [0, 0.1) is 20.2 Å². The van der Waals surface area contributed by atoms with Crippen molar-refractivity contribution in [3.8, 4) is 0 Å². The molecule has 0 aromatic rings. The van der Waals surface area contributed by atoms with Gasteiger partial charge in [0.25, 0.3) is 10.2 Å². The predicted octanol–water partition coefficient (Wildman–Crippen LogP) is 1.14. The molecule has 1 aliphatic rings. The molecule has 0 bridgehead atoms. The number of nitrogens with zero attached hydrogens (tertiary/aromatic N) is 3. The summed E-state index contributed by atoms with van der Waals surface area (Å²) in [6, 6.07) is 0. The van der Waals surface area contributed by atoms with Crippen LogP contribution < -0.4 is 0 Å². The standard InChI is InChI=1S/C10H18N3O7/c1-9(2)7(19-12(15)16)5-6-8(20-13(17)18)10(3,4)11(9)14/h7-8H,5-6H2,1-4H3. The smallest absolute Gasteiger partial charge is 0.294 e. The van der Waals surface area contributed by atoms with Crippen molar-refractivity contribution in [2.75, 3.05) is 0 Å². The van der Waals surface area contributed by atoms with E-state index in [-0.39, 0.29) is 12.8 Å². The van der Waals surface area contributed by atoms with Gasteiger partial charge in [-0.3, -0.25) is 0 Å².